The summed E-state index contributed by atoms with van der Waals surface area (Å²) in [6, 6.07) is 7.47. The highest BCUT2D eigenvalue weighted by molar-refractivity contribution is 6.30. The molecule has 0 aromatic heterocycles. The van der Waals surface area contributed by atoms with Gasteiger partial charge in [0.1, 0.15) is 17.9 Å². The minimum Gasteiger partial charge on any atom is -0.511 e. The second-order valence-corrected chi connectivity index (χ2v) is 7.73. The third-order valence-electron chi connectivity index (χ3n) is 5.11. The number of carboxylic acids is 1. The van der Waals surface area contributed by atoms with Gasteiger partial charge in [-0.1, -0.05) is 23.7 Å². The maximum Gasteiger partial charge on any atom is 0.322 e. The topological polar surface area (TPSA) is 116 Å². The van der Waals surface area contributed by atoms with Crippen molar-refractivity contribution in [1.82, 2.24) is 10.2 Å². The van der Waals surface area contributed by atoms with E-state index in [1.54, 1.807) is 0 Å². The van der Waals surface area contributed by atoms with Crippen LogP contribution in [0, 0.1) is 5.92 Å². The minimum absolute atomic E-state index is 0.123. The third-order valence-corrected chi connectivity index (χ3v) is 5.36. The Morgan fingerprint density at radius 1 is 1.24 bits per heavy atom. The first-order valence-electron chi connectivity index (χ1n) is 9.41. The van der Waals surface area contributed by atoms with Gasteiger partial charge in [0.05, 0.1) is 12.7 Å². The summed E-state index contributed by atoms with van der Waals surface area (Å²) in [5.74, 6) is -2.69. The van der Waals surface area contributed by atoms with Crippen LogP contribution in [0.25, 0.3) is 0 Å². The van der Waals surface area contributed by atoms with Gasteiger partial charge >= 0.3 is 5.97 Å². The van der Waals surface area contributed by atoms with Crippen LogP contribution in [0.3, 0.4) is 0 Å². The SMILES string of the molecule is O=C(O)CNC(=O)C1=C(O)CCN(C[C@H]2C[C@H](OCc3ccc(Cl)cc3)C2)C1=O. The number of carboxylic acid groups (broad SMARTS) is 1. The number of aliphatic hydroxyl groups excluding tert-OH is 1. The average molecular weight is 423 g/mol. The molecule has 0 spiro atoms. The van der Waals surface area contributed by atoms with E-state index in [4.69, 9.17) is 21.4 Å². The second kappa shape index (κ2) is 9.28. The van der Waals surface area contributed by atoms with Gasteiger partial charge in [0.15, 0.2) is 0 Å². The summed E-state index contributed by atoms with van der Waals surface area (Å²) in [7, 11) is 0. The van der Waals surface area contributed by atoms with Gasteiger partial charge in [-0.15, -0.1) is 0 Å². The molecule has 8 nitrogen and oxygen atoms in total. The lowest BCUT2D eigenvalue weighted by molar-refractivity contribution is -0.139. The molecule has 1 aliphatic heterocycles. The highest BCUT2D eigenvalue weighted by Crippen LogP contribution is 2.32. The molecule has 0 saturated heterocycles. The van der Waals surface area contributed by atoms with Crippen molar-refractivity contribution in [3.05, 3.63) is 46.2 Å². The van der Waals surface area contributed by atoms with E-state index in [9.17, 15) is 19.5 Å². The number of aliphatic hydroxyl groups is 1. The number of hydrogen-bond acceptors (Lipinski definition) is 5. The van der Waals surface area contributed by atoms with Crippen molar-refractivity contribution in [3.63, 3.8) is 0 Å². The van der Waals surface area contributed by atoms with Crippen molar-refractivity contribution in [2.45, 2.75) is 32.0 Å². The standard InChI is InChI=1S/C20H23ClN2O6/c21-14-3-1-12(2-4-14)11-29-15-7-13(8-15)10-23-6-5-16(24)18(20(23)28)19(27)22-9-17(25)26/h1-4,13,15,24H,5-11H2,(H,22,27)(H,25,26)/t13-,15-. The van der Waals surface area contributed by atoms with Crippen LogP contribution in [0.1, 0.15) is 24.8 Å². The van der Waals surface area contributed by atoms with Crippen molar-refractivity contribution in [2.24, 2.45) is 5.92 Å². The second-order valence-electron chi connectivity index (χ2n) is 7.30. The number of carbonyl (C=O) groups is 3. The first-order chi connectivity index (χ1) is 13.8. The van der Waals surface area contributed by atoms with Crippen molar-refractivity contribution in [1.29, 1.82) is 0 Å². The molecule has 1 aromatic carbocycles. The van der Waals surface area contributed by atoms with Crippen molar-refractivity contribution in [2.75, 3.05) is 19.6 Å². The smallest absolute Gasteiger partial charge is 0.322 e. The van der Waals surface area contributed by atoms with Gasteiger partial charge in [-0.05, 0) is 36.5 Å². The van der Waals surface area contributed by atoms with Gasteiger partial charge in [-0.3, -0.25) is 14.4 Å². The molecule has 1 saturated carbocycles. The molecular formula is C20H23ClN2O6. The Morgan fingerprint density at radius 3 is 2.59 bits per heavy atom. The van der Waals surface area contributed by atoms with E-state index in [-0.39, 0.29) is 29.8 Å². The normalized spacial score (nSPS) is 21.7. The molecule has 3 rings (SSSR count). The Labute approximate surface area is 173 Å². The van der Waals surface area contributed by atoms with Gasteiger partial charge in [0.25, 0.3) is 11.8 Å². The summed E-state index contributed by atoms with van der Waals surface area (Å²) in [4.78, 5) is 36.8. The molecular weight excluding hydrogens is 400 g/mol. The first kappa shape index (κ1) is 21.1. The van der Waals surface area contributed by atoms with E-state index in [1.807, 2.05) is 24.3 Å². The fourth-order valence-corrected chi connectivity index (χ4v) is 3.59. The number of benzene rings is 1. The van der Waals surface area contributed by atoms with E-state index >= 15 is 0 Å². The fourth-order valence-electron chi connectivity index (χ4n) is 3.46. The van der Waals surface area contributed by atoms with Crippen LogP contribution in [0.15, 0.2) is 35.6 Å². The molecule has 1 aliphatic carbocycles. The van der Waals surface area contributed by atoms with E-state index in [1.165, 1.54) is 4.90 Å². The first-order valence-corrected chi connectivity index (χ1v) is 9.78. The third kappa shape index (κ3) is 5.48. The molecule has 9 heteroatoms. The number of halogens is 1. The molecule has 0 atom stereocenters. The van der Waals surface area contributed by atoms with Crippen molar-refractivity contribution >= 4 is 29.4 Å². The van der Waals surface area contributed by atoms with Gasteiger partial charge < -0.3 is 25.2 Å². The van der Waals surface area contributed by atoms with Crippen LogP contribution in [-0.4, -0.2) is 58.6 Å². The molecule has 1 heterocycles. The maximum absolute atomic E-state index is 12.6. The van der Waals surface area contributed by atoms with E-state index in [0.29, 0.717) is 24.7 Å². The van der Waals surface area contributed by atoms with E-state index in [2.05, 4.69) is 5.32 Å². The number of nitrogens with zero attached hydrogens (tertiary/aromatic N) is 1. The quantitative estimate of drug-likeness (QED) is 0.551. The predicted octanol–water partition coefficient (Wildman–Crippen LogP) is 1.88. The molecule has 0 unspecified atom stereocenters. The lowest BCUT2D eigenvalue weighted by Crippen LogP contribution is -2.47. The number of amides is 2. The summed E-state index contributed by atoms with van der Waals surface area (Å²) in [5.41, 5.74) is 0.675. The van der Waals surface area contributed by atoms with Crippen molar-refractivity contribution in [3.8, 4) is 0 Å². The zero-order chi connectivity index (χ0) is 21.0. The summed E-state index contributed by atoms with van der Waals surface area (Å²) in [5, 5.41) is 21.4. The molecule has 29 heavy (non-hydrogen) atoms. The zero-order valence-electron chi connectivity index (χ0n) is 15.8. The molecule has 0 radical (unpaired) electrons. The maximum atomic E-state index is 12.6. The molecule has 0 bridgehead atoms. The van der Waals surface area contributed by atoms with Gasteiger partial charge in [0.2, 0.25) is 0 Å². The summed E-state index contributed by atoms with van der Waals surface area (Å²) in [6.45, 7) is 0.690. The Balaban J connectivity index is 1.45. The summed E-state index contributed by atoms with van der Waals surface area (Å²) >= 11 is 5.86. The zero-order valence-corrected chi connectivity index (χ0v) is 16.5. The molecule has 3 N–H and O–H groups in total. The number of ether oxygens (including phenoxy) is 1. The number of carbonyl (C=O) groups excluding carboxylic acids is 2. The molecule has 1 fully saturated rings. The lowest BCUT2D eigenvalue weighted by atomic mass is 9.81. The Kier molecular flexibility index (Phi) is 6.76. The number of nitrogens with one attached hydrogen (secondary N) is 1. The summed E-state index contributed by atoms with van der Waals surface area (Å²) < 4.78 is 5.87. The molecule has 2 aliphatic rings. The Hall–Kier alpha value is -2.58. The number of hydrogen-bond donors (Lipinski definition) is 3. The molecule has 2 amide bonds. The fraction of sp³-hybridized carbons (Fsp3) is 0.450. The van der Waals surface area contributed by atoms with Crippen LogP contribution in [0.2, 0.25) is 5.02 Å². The van der Waals surface area contributed by atoms with Crippen LogP contribution in [0.5, 0.6) is 0 Å². The Bertz CT molecular complexity index is 817. The van der Waals surface area contributed by atoms with Crippen LogP contribution in [-0.2, 0) is 25.7 Å². The van der Waals surface area contributed by atoms with E-state index < -0.39 is 24.3 Å². The minimum atomic E-state index is -1.22. The van der Waals surface area contributed by atoms with Gasteiger partial charge in [0, 0.05) is 24.5 Å². The van der Waals surface area contributed by atoms with Crippen LogP contribution in [0.4, 0.5) is 0 Å². The Morgan fingerprint density at radius 2 is 1.93 bits per heavy atom. The number of aliphatic carboxylic acids is 1. The highest BCUT2D eigenvalue weighted by Gasteiger charge is 2.37. The lowest BCUT2D eigenvalue weighted by Gasteiger charge is -2.39. The predicted molar refractivity (Wildman–Crippen MR) is 104 cm³/mol. The summed E-state index contributed by atoms with van der Waals surface area (Å²) in [6.07, 6.45) is 1.92. The monoisotopic (exact) mass is 422 g/mol. The van der Waals surface area contributed by atoms with Crippen LogP contribution < -0.4 is 5.32 Å². The average Bonchev–Trinajstić information content (AvgIpc) is 2.65. The van der Waals surface area contributed by atoms with Gasteiger partial charge in [-0.25, -0.2) is 0 Å². The molecule has 1 aromatic rings. The number of rotatable bonds is 8. The van der Waals surface area contributed by atoms with Gasteiger partial charge in [-0.2, -0.15) is 0 Å². The van der Waals surface area contributed by atoms with Crippen molar-refractivity contribution < 1.29 is 29.3 Å². The molecule has 156 valence electrons. The largest absolute Gasteiger partial charge is 0.511 e. The van der Waals surface area contributed by atoms with Crippen LogP contribution >= 0.6 is 11.6 Å². The van der Waals surface area contributed by atoms with E-state index in [0.717, 1.165) is 18.4 Å². The highest BCUT2D eigenvalue weighted by atomic mass is 35.5.